The second-order valence-corrected chi connectivity index (χ2v) is 6.09. The molecule has 1 saturated carbocycles. The largest absolute Gasteiger partial charge is 0.381 e. The van der Waals surface area contributed by atoms with E-state index in [2.05, 4.69) is 31.1 Å². The molecule has 0 unspecified atom stereocenters. The Morgan fingerprint density at radius 3 is 2.61 bits per heavy atom. The van der Waals surface area contributed by atoms with E-state index >= 15 is 0 Å². The summed E-state index contributed by atoms with van der Waals surface area (Å²) >= 11 is 0. The zero-order chi connectivity index (χ0) is 13.2. The van der Waals surface area contributed by atoms with Gasteiger partial charge in [0.25, 0.3) is 0 Å². The highest BCUT2D eigenvalue weighted by Gasteiger charge is 2.26. The lowest BCUT2D eigenvalue weighted by Gasteiger charge is -2.28. The van der Waals surface area contributed by atoms with Crippen LogP contribution in [0.1, 0.15) is 57.5 Å². The standard InChI is InChI=1S/C14H24N4/c1-14(2,3)13-17-9-11(16-8-7-15)12(18-13)10-5-4-6-10/h9-10,16H,4-8,15H2,1-3H3. The molecule has 0 bridgehead atoms. The van der Waals surface area contributed by atoms with Crippen molar-refractivity contribution in [3.8, 4) is 0 Å². The molecule has 0 saturated heterocycles. The molecule has 3 N–H and O–H groups in total. The van der Waals surface area contributed by atoms with Gasteiger partial charge in [0, 0.05) is 24.4 Å². The highest BCUT2D eigenvalue weighted by Crippen LogP contribution is 2.39. The van der Waals surface area contributed by atoms with Crippen molar-refractivity contribution < 1.29 is 0 Å². The van der Waals surface area contributed by atoms with Gasteiger partial charge in [0.05, 0.1) is 17.6 Å². The number of hydrogen-bond acceptors (Lipinski definition) is 4. The van der Waals surface area contributed by atoms with E-state index in [4.69, 9.17) is 10.7 Å². The molecule has 1 fully saturated rings. The Kier molecular flexibility index (Phi) is 3.85. The summed E-state index contributed by atoms with van der Waals surface area (Å²) in [6.07, 6.45) is 5.74. The van der Waals surface area contributed by atoms with E-state index in [1.54, 1.807) is 0 Å². The highest BCUT2D eigenvalue weighted by molar-refractivity contribution is 5.48. The average Bonchev–Trinajstić information content (AvgIpc) is 2.23. The minimum atomic E-state index is 0.00486. The average molecular weight is 248 g/mol. The normalized spacial score (nSPS) is 16.4. The summed E-state index contributed by atoms with van der Waals surface area (Å²) in [7, 11) is 0. The van der Waals surface area contributed by atoms with E-state index < -0.39 is 0 Å². The Labute approximate surface area is 109 Å². The van der Waals surface area contributed by atoms with Crippen LogP contribution in [0.4, 0.5) is 5.69 Å². The third-order valence-corrected chi connectivity index (χ3v) is 3.44. The first kappa shape index (κ1) is 13.3. The summed E-state index contributed by atoms with van der Waals surface area (Å²) in [5.74, 6) is 1.54. The van der Waals surface area contributed by atoms with E-state index in [0.29, 0.717) is 12.5 Å². The van der Waals surface area contributed by atoms with Gasteiger partial charge in [-0.05, 0) is 12.8 Å². The lowest BCUT2D eigenvalue weighted by atomic mass is 9.82. The second-order valence-electron chi connectivity index (χ2n) is 6.09. The smallest absolute Gasteiger partial charge is 0.134 e. The highest BCUT2D eigenvalue weighted by atomic mass is 15.0. The molecule has 4 heteroatoms. The molecule has 1 aromatic heterocycles. The van der Waals surface area contributed by atoms with Gasteiger partial charge in [-0.15, -0.1) is 0 Å². The van der Waals surface area contributed by atoms with Crippen LogP contribution in [0.2, 0.25) is 0 Å². The Morgan fingerprint density at radius 1 is 1.39 bits per heavy atom. The van der Waals surface area contributed by atoms with E-state index in [1.807, 2.05) is 6.20 Å². The zero-order valence-corrected chi connectivity index (χ0v) is 11.7. The van der Waals surface area contributed by atoms with Gasteiger partial charge >= 0.3 is 0 Å². The molecule has 1 aliphatic carbocycles. The quantitative estimate of drug-likeness (QED) is 0.859. The Morgan fingerprint density at radius 2 is 2.11 bits per heavy atom. The topological polar surface area (TPSA) is 63.8 Å². The van der Waals surface area contributed by atoms with Gasteiger partial charge < -0.3 is 11.1 Å². The first-order valence-corrected chi connectivity index (χ1v) is 6.83. The molecule has 2 rings (SSSR count). The minimum absolute atomic E-state index is 0.00486. The number of anilines is 1. The summed E-state index contributed by atoms with van der Waals surface area (Å²) in [5, 5.41) is 3.34. The maximum atomic E-state index is 5.54. The second kappa shape index (κ2) is 5.22. The van der Waals surface area contributed by atoms with Crippen molar-refractivity contribution in [2.45, 2.75) is 51.4 Å². The third-order valence-electron chi connectivity index (χ3n) is 3.44. The van der Waals surface area contributed by atoms with Crippen LogP contribution in [0, 0.1) is 0 Å². The predicted octanol–water partition coefficient (Wildman–Crippen LogP) is 2.41. The summed E-state index contributed by atoms with van der Waals surface area (Å²) < 4.78 is 0. The maximum absolute atomic E-state index is 5.54. The summed E-state index contributed by atoms with van der Waals surface area (Å²) in [4.78, 5) is 9.29. The van der Waals surface area contributed by atoms with Gasteiger partial charge in [-0.3, -0.25) is 0 Å². The lowest BCUT2D eigenvalue weighted by Crippen LogP contribution is -2.22. The van der Waals surface area contributed by atoms with Crippen molar-refractivity contribution in [2.24, 2.45) is 5.73 Å². The zero-order valence-electron chi connectivity index (χ0n) is 11.7. The van der Waals surface area contributed by atoms with Gasteiger partial charge in [-0.25, -0.2) is 9.97 Å². The lowest BCUT2D eigenvalue weighted by molar-refractivity contribution is 0.407. The number of nitrogens with two attached hydrogens (primary N) is 1. The predicted molar refractivity (Wildman–Crippen MR) is 74.9 cm³/mol. The van der Waals surface area contributed by atoms with Crippen LogP contribution in [0.5, 0.6) is 0 Å². The third kappa shape index (κ3) is 2.80. The molecular formula is C14H24N4. The molecule has 1 aromatic rings. The Balaban J connectivity index is 2.29. The van der Waals surface area contributed by atoms with Gasteiger partial charge in [0.2, 0.25) is 0 Å². The maximum Gasteiger partial charge on any atom is 0.134 e. The fraction of sp³-hybridized carbons (Fsp3) is 0.714. The van der Waals surface area contributed by atoms with Crippen LogP contribution in [0.25, 0.3) is 0 Å². The number of aromatic nitrogens is 2. The van der Waals surface area contributed by atoms with Crippen molar-refractivity contribution >= 4 is 5.69 Å². The van der Waals surface area contributed by atoms with E-state index in [9.17, 15) is 0 Å². The van der Waals surface area contributed by atoms with Gasteiger partial charge in [-0.1, -0.05) is 27.2 Å². The molecule has 100 valence electrons. The molecule has 0 atom stereocenters. The van der Waals surface area contributed by atoms with Crippen LogP contribution >= 0.6 is 0 Å². The minimum Gasteiger partial charge on any atom is -0.381 e. The van der Waals surface area contributed by atoms with Crippen molar-refractivity contribution in [1.29, 1.82) is 0 Å². The Hall–Kier alpha value is -1.16. The van der Waals surface area contributed by atoms with E-state index in [1.165, 1.54) is 25.0 Å². The van der Waals surface area contributed by atoms with Crippen LogP contribution in [-0.4, -0.2) is 23.1 Å². The number of rotatable bonds is 4. The Bertz CT molecular complexity index is 405. The molecule has 0 radical (unpaired) electrons. The number of hydrogen-bond donors (Lipinski definition) is 2. The van der Waals surface area contributed by atoms with Gasteiger partial charge in [0.1, 0.15) is 5.82 Å². The summed E-state index contributed by atoms with van der Waals surface area (Å²) in [6, 6.07) is 0. The molecule has 0 aliphatic heterocycles. The monoisotopic (exact) mass is 248 g/mol. The van der Waals surface area contributed by atoms with Crippen LogP contribution in [0.15, 0.2) is 6.20 Å². The van der Waals surface area contributed by atoms with Crippen molar-refractivity contribution in [1.82, 2.24) is 9.97 Å². The molecule has 0 spiro atoms. The molecular weight excluding hydrogens is 224 g/mol. The van der Waals surface area contributed by atoms with Crippen LogP contribution in [-0.2, 0) is 5.41 Å². The number of nitrogens with one attached hydrogen (secondary N) is 1. The van der Waals surface area contributed by atoms with Gasteiger partial charge in [0.15, 0.2) is 0 Å². The fourth-order valence-electron chi connectivity index (χ4n) is 2.09. The SMILES string of the molecule is CC(C)(C)c1ncc(NCCN)c(C2CCC2)n1. The van der Waals surface area contributed by atoms with Gasteiger partial charge in [-0.2, -0.15) is 0 Å². The molecule has 0 aromatic carbocycles. The fourth-order valence-corrected chi connectivity index (χ4v) is 2.09. The summed E-state index contributed by atoms with van der Waals surface area (Å²) in [6.45, 7) is 7.86. The molecule has 0 amide bonds. The summed E-state index contributed by atoms with van der Waals surface area (Å²) in [5.41, 5.74) is 7.81. The first-order valence-electron chi connectivity index (χ1n) is 6.83. The van der Waals surface area contributed by atoms with Crippen molar-refractivity contribution in [3.05, 3.63) is 17.7 Å². The molecule has 4 nitrogen and oxygen atoms in total. The van der Waals surface area contributed by atoms with E-state index in [-0.39, 0.29) is 5.41 Å². The molecule has 18 heavy (non-hydrogen) atoms. The molecule has 1 aliphatic rings. The van der Waals surface area contributed by atoms with Crippen molar-refractivity contribution in [2.75, 3.05) is 18.4 Å². The van der Waals surface area contributed by atoms with E-state index in [0.717, 1.165) is 18.1 Å². The van der Waals surface area contributed by atoms with Crippen LogP contribution in [0.3, 0.4) is 0 Å². The van der Waals surface area contributed by atoms with Crippen LogP contribution < -0.4 is 11.1 Å². The first-order chi connectivity index (χ1) is 8.52. The molecule has 1 heterocycles. The van der Waals surface area contributed by atoms with Crippen molar-refractivity contribution in [3.63, 3.8) is 0 Å². The number of nitrogens with zero attached hydrogens (tertiary/aromatic N) is 2.